The van der Waals surface area contributed by atoms with Crippen molar-refractivity contribution in [1.29, 1.82) is 0 Å². The predicted molar refractivity (Wildman–Crippen MR) is 109 cm³/mol. The van der Waals surface area contributed by atoms with Crippen LogP contribution < -0.4 is 9.47 Å². The van der Waals surface area contributed by atoms with Crippen LogP contribution in [0.15, 0.2) is 36.4 Å². The summed E-state index contributed by atoms with van der Waals surface area (Å²) in [7, 11) is 1.38. The van der Waals surface area contributed by atoms with E-state index in [1.807, 2.05) is 26.0 Å². The van der Waals surface area contributed by atoms with Crippen LogP contribution in [-0.4, -0.2) is 32.4 Å². The molecule has 0 heterocycles. The highest BCUT2D eigenvalue weighted by molar-refractivity contribution is 5.90. The zero-order valence-electron chi connectivity index (χ0n) is 17.8. The molecule has 0 spiro atoms. The Morgan fingerprint density at radius 2 is 1.38 bits per heavy atom. The highest BCUT2D eigenvalue weighted by Crippen LogP contribution is 2.42. The lowest BCUT2D eigenvalue weighted by Crippen LogP contribution is -2.12. The normalized spacial score (nSPS) is 10.3. The van der Waals surface area contributed by atoms with E-state index < -0.39 is 0 Å². The van der Waals surface area contributed by atoms with E-state index in [0.29, 0.717) is 18.8 Å². The van der Waals surface area contributed by atoms with Gasteiger partial charge in [0.2, 0.25) is 0 Å². The van der Waals surface area contributed by atoms with Gasteiger partial charge in [0.05, 0.1) is 31.5 Å². The van der Waals surface area contributed by atoms with Gasteiger partial charge in [-0.1, -0.05) is 32.9 Å². The molecular formula is C23H28O6. The fourth-order valence-electron chi connectivity index (χ4n) is 2.74. The van der Waals surface area contributed by atoms with E-state index in [9.17, 15) is 4.79 Å². The molecule has 2 aromatic rings. The van der Waals surface area contributed by atoms with Gasteiger partial charge < -0.3 is 14.2 Å². The van der Waals surface area contributed by atoms with E-state index in [0.717, 1.165) is 28.2 Å². The van der Waals surface area contributed by atoms with Crippen LogP contribution in [0, 0.1) is 0 Å². The van der Waals surface area contributed by atoms with Gasteiger partial charge in [0.15, 0.2) is 0 Å². The lowest BCUT2D eigenvalue weighted by atomic mass is 9.85. The quantitative estimate of drug-likeness (QED) is 0.657. The number of benzene rings is 2. The predicted octanol–water partition coefficient (Wildman–Crippen LogP) is 4.65. The summed E-state index contributed by atoms with van der Waals surface area (Å²) in [6.07, 6.45) is 0.250. The molecule has 0 saturated carbocycles. The van der Waals surface area contributed by atoms with E-state index in [-0.39, 0.29) is 17.5 Å². The van der Waals surface area contributed by atoms with Gasteiger partial charge in [-0.25, -0.2) is 4.79 Å². The molecule has 6 nitrogen and oxygen atoms in total. The van der Waals surface area contributed by atoms with Gasteiger partial charge in [-0.3, -0.25) is 0 Å². The van der Waals surface area contributed by atoms with Crippen LogP contribution in [0.1, 0.15) is 50.5 Å². The number of hydrogen-bond donors (Lipinski definition) is 0. The lowest BCUT2D eigenvalue weighted by molar-refractivity contribution is -0.191. The van der Waals surface area contributed by atoms with Crippen LogP contribution in [0.3, 0.4) is 0 Å². The van der Waals surface area contributed by atoms with Crippen molar-refractivity contribution in [3.8, 4) is 22.6 Å². The second kappa shape index (κ2) is 11.0. The number of hydrogen-bond acceptors (Lipinski definition) is 6. The Labute approximate surface area is 171 Å². The lowest BCUT2D eigenvalue weighted by Gasteiger charge is -2.24. The summed E-state index contributed by atoms with van der Waals surface area (Å²) >= 11 is 0. The molecule has 0 atom stereocenters. The third-order valence-electron chi connectivity index (χ3n) is 4.13. The smallest absolute Gasteiger partial charge is 0.373 e. The zero-order valence-corrected chi connectivity index (χ0v) is 17.8. The number of carbonyl (C=O) groups excluding carboxylic acids is 3. The zero-order chi connectivity index (χ0) is 22.0. The fraction of sp³-hybridized carbons (Fsp3) is 0.391. The van der Waals surface area contributed by atoms with Crippen molar-refractivity contribution in [3.05, 3.63) is 47.5 Å². The van der Waals surface area contributed by atoms with E-state index in [4.69, 9.17) is 23.8 Å². The summed E-state index contributed by atoms with van der Waals surface area (Å²) in [4.78, 5) is 27.9. The van der Waals surface area contributed by atoms with Crippen LogP contribution in [-0.2, 0) is 19.7 Å². The summed E-state index contributed by atoms with van der Waals surface area (Å²) in [5.41, 5.74) is 3.48. The third-order valence-corrected chi connectivity index (χ3v) is 4.13. The first-order valence-corrected chi connectivity index (χ1v) is 9.35. The van der Waals surface area contributed by atoms with Gasteiger partial charge in [-0.2, -0.15) is 9.59 Å². The Kier molecular flexibility index (Phi) is 9.10. The molecule has 0 unspecified atom stereocenters. The monoisotopic (exact) mass is 400 g/mol. The molecule has 6 heteroatoms. The van der Waals surface area contributed by atoms with E-state index in [2.05, 4.69) is 32.9 Å². The highest BCUT2D eigenvalue weighted by atomic mass is 16.5. The maximum Gasteiger partial charge on any atom is 0.373 e. The first-order valence-electron chi connectivity index (χ1n) is 9.35. The summed E-state index contributed by atoms with van der Waals surface area (Å²) in [5.74, 6) is 1.22. The molecule has 0 aliphatic rings. The fourth-order valence-corrected chi connectivity index (χ4v) is 2.74. The van der Waals surface area contributed by atoms with Crippen molar-refractivity contribution in [2.24, 2.45) is 0 Å². The van der Waals surface area contributed by atoms with Crippen molar-refractivity contribution in [2.45, 2.75) is 40.0 Å². The average molecular weight is 400 g/mol. The minimum absolute atomic E-state index is 0.0228. The molecular weight excluding hydrogens is 372 g/mol. The van der Waals surface area contributed by atoms with Crippen molar-refractivity contribution in [3.63, 3.8) is 0 Å². The molecule has 0 aromatic heterocycles. The number of ether oxygens (including phenoxy) is 3. The van der Waals surface area contributed by atoms with E-state index >= 15 is 0 Å². The number of rotatable bonds is 6. The molecule has 0 radical (unpaired) electrons. The topological polar surface area (TPSA) is 78.9 Å². The average Bonchev–Trinajstić information content (AvgIpc) is 2.68. The Bertz CT molecular complexity index is 814. The Morgan fingerprint density at radius 1 is 0.931 bits per heavy atom. The van der Waals surface area contributed by atoms with Gasteiger partial charge in [-0.15, -0.1) is 0 Å². The first kappa shape index (κ1) is 23.9. The molecule has 0 aliphatic heterocycles. The second-order valence-corrected chi connectivity index (χ2v) is 7.12. The standard InChI is InChI=1S/C22H28O4.CO2/c1-7-25-18-13-17(22(3,4)5)14-19(26-8-2)20(18)15-9-11-16(12-10-15)21(23)24-6;2-1-3/h9-14H,7-8H2,1-6H3;. The Morgan fingerprint density at radius 3 is 1.72 bits per heavy atom. The van der Waals surface area contributed by atoms with Crippen molar-refractivity contribution in [2.75, 3.05) is 20.3 Å². The Balaban J connectivity index is 0.00000132. The third kappa shape index (κ3) is 6.47. The maximum absolute atomic E-state index is 11.7. The van der Waals surface area contributed by atoms with Crippen molar-refractivity contribution in [1.82, 2.24) is 0 Å². The van der Waals surface area contributed by atoms with Crippen molar-refractivity contribution < 1.29 is 28.6 Å². The first-order chi connectivity index (χ1) is 13.7. The number of esters is 1. The molecule has 156 valence electrons. The number of carbonyl (C=O) groups is 1. The van der Waals surface area contributed by atoms with Gasteiger partial charge in [0.25, 0.3) is 0 Å². The second-order valence-electron chi connectivity index (χ2n) is 7.12. The maximum atomic E-state index is 11.7. The SMILES string of the molecule is CCOc1cc(C(C)(C)C)cc(OCC)c1-c1ccc(C(=O)OC)cc1.O=C=O. The molecule has 29 heavy (non-hydrogen) atoms. The van der Waals surface area contributed by atoms with Crippen LogP contribution >= 0.6 is 0 Å². The van der Waals surface area contributed by atoms with Crippen LogP contribution in [0.5, 0.6) is 11.5 Å². The molecule has 2 rings (SSSR count). The molecule has 0 amide bonds. The van der Waals surface area contributed by atoms with Crippen LogP contribution in [0.4, 0.5) is 0 Å². The summed E-state index contributed by atoms with van der Waals surface area (Å²) < 4.78 is 16.7. The van der Waals surface area contributed by atoms with Gasteiger partial charge in [-0.05, 0) is 54.7 Å². The van der Waals surface area contributed by atoms with E-state index in [1.54, 1.807) is 12.1 Å². The Hall–Kier alpha value is -3.11. The summed E-state index contributed by atoms with van der Waals surface area (Å²) in [6, 6.07) is 11.5. The number of methoxy groups -OCH3 is 1. The molecule has 0 saturated heterocycles. The van der Waals surface area contributed by atoms with Gasteiger partial charge in [0.1, 0.15) is 11.5 Å². The van der Waals surface area contributed by atoms with Crippen LogP contribution in [0.25, 0.3) is 11.1 Å². The summed E-state index contributed by atoms with van der Waals surface area (Å²) in [6.45, 7) is 11.6. The molecule has 2 aromatic carbocycles. The minimum atomic E-state index is -0.352. The van der Waals surface area contributed by atoms with Crippen LogP contribution in [0.2, 0.25) is 0 Å². The molecule has 0 fully saturated rings. The van der Waals surface area contributed by atoms with Gasteiger partial charge in [0, 0.05) is 0 Å². The highest BCUT2D eigenvalue weighted by Gasteiger charge is 2.21. The molecule has 0 aliphatic carbocycles. The summed E-state index contributed by atoms with van der Waals surface area (Å²) in [5, 5.41) is 0. The van der Waals surface area contributed by atoms with Gasteiger partial charge >= 0.3 is 12.1 Å². The van der Waals surface area contributed by atoms with E-state index in [1.165, 1.54) is 7.11 Å². The van der Waals surface area contributed by atoms with Crippen molar-refractivity contribution >= 4 is 12.1 Å². The molecule has 0 N–H and O–H groups in total. The largest absolute Gasteiger partial charge is 0.493 e. The molecule has 0 bridgehead atoms. The minimum Gasteiger partial charge on any atom is -0.493 e.